The van der Waals surface area contributed by atoms with Crippen LogP contribution in [0.4, 0.5) is 4.79 Å². The van der Waals surface area contributed by atoms with Crippen LogP contribution in [0.25, 0.3) is 0 Å². The molecule has 3 N–H and O–H groups in total. The summed E-state index contributed by atoms with van der Waals surface area (Å²) in [5.41, 5.74) is 3.73. The van der Waals surface area contributed by atoms with E-state index in [4.69, 9.17) is 38.4 Å². The zero-order valence-corrected chi connectivity index (χ0v) is 36.0. The minimum Gasteiger partial charge on any atom is -0.459 e. The molecule has 2 aliphatic carbocycles. The Kier molecular flexibility index (Phi) is 14.3. The topological polar surface area (TPSA) is 167 Å². The summed E-state index contributed by atoms with van der Waals surface area (Å²) in [5, 5.41) is 27.6. The maximum atomic E-state index is 14.8. The van der Waals surface area contributed by atoms with Crippen LogP contribution >= 0.6 is 0 Å². The Hall–Kier alpha value is -5.41. The first kappa shape index (κ1) is 44.2. The Morgan fingerprint density at radius 1 is 0.968 bits per heavy atom. The van der Waals surface area contributed by atoms with E-state index >= 15 is 0 Å². The number of hydrogen-bond acceptors (Lipinski definition) is 12. The van der Waals surface area contributed by atoms with Gasteiger partial charge in [-0.05, 0) is 97.9 Å². The summed E-state index contributed by atoms with van der Waals surface area (Å²) in [6, 6.07) is 19.4. The average Bonchev–Trinajstić information content (AvgIpc) is 3.79. The summed E-state index contributed by atoms with van der Waals surface area (Å²) >= 11 is 0. The second kappa shape index (κ2) is 20.4. The smallest absolute Gasteiger partial charge is 0.412 e. The molecule has 2 fully saturated rings. The van der Waals surface area contributed by atoms with Crippen LogP contribution in [0.2, 0.25) is 0 Å². The van der Waals surface area contributed by atoms with Crippen LogP contribution in [0.15, 0.2) is 96.2 Å². The van der Waals surface area contributed by atoms with Crippen molar-refractivity contribution in [1.82, 2.24) is 10.2 Å². The van der Waals surface area contributed by atoms with E-state index in [1.165, 1.54) is 0 Å². The number of fused-ring (bicyclic) bond motifs is 3. The van der Waals surface area contributed by atoms with Gasteiger partial charge >= 0.3 is 6.09 Å². The lowest BCUT2D eigenvalue weighted by Crippen LogP contribution is -2.69. The molecule has 0 aromatic heterocycles. The predicted molar refractivity (Wildman–Crippen MR) is 234 cm³/mol. The number of amides is 2. The lowest BCUT2D eigenvalue weighted by Gasteiger charge is -2.59. The van der Waals surface area contributed by atoms with Crippen LogP contribution in [0.5, 0.6) is 23.0 Å². The zero-order chi connectivity index (χ0) is 43.8. The molecule has 3 heterocycles. The van der Waals surface area contributed by atoms with Crippen molar-refractivity contribution in [2.45, 2.75) is 94.8 Å². The summed E-state index contributed by atoms with van der Waals surface area (Å²) in [6.07, 6.45) is 10.1. The van der Waals surface area contributed by atoms with Crippen molar-refractivity contribution in [3.05, 3.63) is 108 Å². The van der Waals surface area contributed by atoms with Gasteiger partial charge in [-0.2, -0.15) is 0 Å². The van der Waals surface area contributed by atoms with Gasteiger partial charge in [0.25, 0.3) is 5.91 Å². The number of nitrogens with one attached hydrogen (secondary N) is 1. The molecule has 7 atom stereocenters. The normalized spacial score (nSPS) is 26.1. The molecule has 1 saturated heterocycles. The molecule has 0 radical (unpaired) electrons. The summed E-state index contributed by atoms with van der Waals surface area (Å²) in [6.45, 7) is 5.23. The van der Waals surface area contributed by atoms with Crippen LogP contribution < -0.4 is 24.3 Å². The molecule has 5 aliphatic rings. The van der Waals surface area contributed by atoms with Gasteiger partial charge in [0.15, 0.2) is 11.5 Å². The Morgan fingerprint density at radius 2 is 1.76 bits per heavy atom. The number of carbonyl (C=O) groups is 2. The number of ether oxygens (including phenoxy) is 6. The van der Waals surface area contributed by atoms with Crippen molar-refractivity contribution in [2.75, 3.05) is 40.3 Å². The molecule has 336 valence electrons. The second-order valence-electron chi connectivity index (χ2n) is 16.9. The molecule has 63 heavy (non-hydrogen) atoms. The third-order valence-electron chi connectivity index (χ3n) is 13.0. The van der Waals surface area contributed by atoms with Gasteiger partial charge in [-0.3, -0.25) is 4.79 Å². The van der Waals surface area contributed by atoms with Crippen molar-refractivity contribution < 1.29 is 53.1 Å². The second-order valence-corrected chi connectivity index (χ2v) is 16.9. The fourth-order valence-corrected chi connectivity index (χ4v) is 10.00. The Labute approximate surface area is 368 Å². The predicted octanol–water partition coefficient (Wildman–Crippen LogP) is 7.64. The van der Waals surface area contributed by atoms with Crippen LogP contribution in [0.3, 0.4) is 0 Å². The number of likely N-dealkylation sites (N-methyl/N-ethyl adjacent to an activating group) is 1. The lowest BCUT2D eigenvalue weighted by molar-refractivity contribution is -0.252. The first-order valence-electron chi connectivity index (χ1n) is 22.4. The highest BCUT2D eigenvalue weighted by Crippen LogP contribution is 2.62. The van der Waals surface area contributed by atoms with Crippen LogP contribution in [0, 0.1) is 17.8 Å². The van der Waals surface area contributed by atoms with Gasteiger partial charge in [0, 0.05) is 56.7 Å². The van der Waals surface area contributed by atoms with Gasteiger partial charge in [-0.15, -0.1) is 6.58 Å². The Morgan fingerprint density at radius 3 is 2.54 bits per heavy atom. The number of rotatable bonds is 18. The van der Waals surface area contributed by atoms with E-state index in [0.717, 1.165) is 55.2 Å². The van der Waals surface area contributed by atoms with Crippen LogP contribution in [-0.4, -0.2) is 91.2 Å². The van der Waals surface area contributed by atoms with Crippen molar-refractivity contribution in [2.24, 2.45) is 22.9 Å². The van der Waals surface area contributed by atoms with E-state index in [1.54, 1.807) is 42.3 Å². The maximum absolute atomic E-state index is 14.8. The molecular formula is C49H59N3O11. The van der Waals surface area contributed by atoms with Crippen molar-refractivity contribution >= 4 is 17.7 Å². The summed E-state index contributed by atoms with van der Waals surface area (Å²) < 4.78 is 37.4. The molecule has 14 heteroatoms. The fourth-order valence-electron chi connectivity index (χ4n) is 10.00. The lowest BCUT2D eigenvalue weighted by atomic mass is 9.55. The number of benzene rings is 3. The molecule has 8 rings (SSSR count). The fraction of sp³-hybridized carbons (Fsp3) is 0.490. The quantitative estimate of drug-likeness (QED) is 0.0654. The van der Waals surface area contributed by atoms with E-state index < -0.39 is 30.1 Å². The number of unbranched alkanes of at least 4 members (excludes halogenated alkanes) is 2. The standard InChI is InChI=1S/C49H59N3O11/c1-3-24-60-49-43(52(2)47(55)34-18-20-41-42(27-34)59-31-58-41)29-39(51-63-44-17-9-12-25-57-44)37-26-33(15-7-10-22-53)36(16-8-11-23-54)45(46(37)49)38-28-35(19-21-40(38)62-49)61-48(56)50-30-32-13-5-4-6-14-32/h3-6,13-14,18-21,26-28,33,36,43-46,53-54H,1,7-12,15-17,22-25,29-31H2,2H3,(H,50,56). The van der Waals surface area contributed by atoms with Gasteiger partial charge < -0.3 is 53.7 Å². The van der Waals surface area contributed by atoms with Gasteiger partial charge in [0.1, 0.15) is 17.5 Å². The summed E-state index contributed by atoms with van der Waals surface area (Å²) in [4.78, 5) is 35.9. The molecular weight excluding hydrogens is 807 g/mol. The number of nitrogens with zero attached hydrogens (tertiary/aromatic N) is 2. The molecule has 7 unspecified atom stereocenters. The molecule has 3 aliphatic heterocycles. The highest BCUT2D eigenvalue weighted by Gasteiger charge is 2.65. The summed E-state index contributed by atoms with van der Waals surface area (Å²) in [7, 11) is 1.76. The summed E-state index contributed by atoms with van der Waals surface area (Å²) in [5.74, 6) is -0.633. The van der Waals surface area contributed by atoms with Crippen molar-refractivity contribution in [1.29, 1.82) is 0 Å². The number of allylic oxidation sites excluding steroid dienone is 1. The number of aliphatic hydroxyl groups excluding tert-OH is 2. The van der Waals surface area contributed by atoms with Crippen LogP contribution in [-0.2, 0) is 20.9 Å². The van der Waals surface area contributed by atoms with Crippen molar-refractivity contribution in [3.8, 4) is 23.0 Å². The van der Waals surface area contributed by atoms with E-state index in [1.807, 2.05) is 42.5 Å². The highest BCUT2D eigenvalue weighted by atomic mass is 16.8. The van der Waals surface area contributed by atoms with Crippen molar-refractivity contribution in [3.63, 3.8) is 0 Å². The van der Waals surface area contributed by atoms with E-state index in [0.29, 0.717) is 66.7 Å². The molecule has 1 saturated carbocycles. The first-order chi connectivity index (χ1) is 30.8. The average molecular weight is 866 g/mol. The van der Waals surface area contributed by atoms with Gasteiger partial charge in [-0.1, -0.05) is 60.5 Å². The molecule has 14 nitrogen and oxygen atoms in total. The molecule has 0 spiro atoms. The third kappa shape index (κ3) is 9.59. The molecule has 2 amide bonds. The van der Waals surface area contributed by atoms with Gasteiger partial charge in [0.2, 0.25) is 18.9 Å². The Bertz CT molecular complexity index is 2140. The van der Waals surface area contributed by atoms with E-state index in [-0.39, 0.29) is 56.7 Å². The maximum Gasteiger partial charge on any atom is 0.412 e. The Balaban J connectivity index is 1.25. The largest absolute Gasteiger partial charge is 0.459 e. The molecule has 0 bridgehead atoms. The molecule has 3 aromatic carbocycles. The zero-order valence-electron chi connectivity index (χ0n) is 36.0. The van der Waals surface area contributed by atoms with E-state index in [2.05, 4.69) is 18.0 Å². The number of aliphatic hydroxyl groups is 2. The number of carbonyl (C=O) groups excluding carboxylic acids is 2. The minimum atomic E-state index is -1.46. The first-order valence-corrected chi connectivity index (χ1v) is 22.4. The minimum absolute atomic E-state index is 0.0158. The van der Waals surface area contributed by atoms with E-state index in [9.17, 15) is 19.8 Å². The monoisotopic (exact) mass is 865 g/mol. The SMILES string of the molecule is C=CCOC12Oc3ccc(OC(=O)NCc4ccccc4)cc3C3C(CCCCO)C(CCCCO)C=C(C(=NOC4CCCCO4)CC1N(C)C(=O)c1ccc4c(c1)OCO4)C32. The number of hydrogen-bond donors (Lipinski definition) is 3. The molecule has 3 aromatic rings. The van der Waals surface area contributed by atoms with Gasteiger partial charge in [-0.25, -0.2) is 4.79 Å². The van der Waals surface area contributed by atoms with Crippen LogP contribution in [0.1, 0.15) is 91.6 Å². The number of oxime groups is 1. The highest BCUT2D eigenvalue weighted by molar-refractivity contribution is 6.03. The third-order valence-corrected chi connectivity index (χ3v) is 13.0. The van der Waals surface area contributed by atoms with Gasteiger partial charge in [0.05, 0.1) is 24.8 Å².